The Morgan fingerprint density at radius 1 is 1.00 bits per heavy atom. The van der Waals surface area contributed by atoms with Crippen LogP contribution in [-0.2, 0) is 14.6 Å². The first-order valence-corrected chi connectivity index (χ1v) is 9.30. The normalized spacial score (nSPS) is 17.4. The highest BCUT2D eigenvalue weighted by Crippen LogP contribution is 2.37. The predicted octanol–water partition coefficient (Wildman–Crippen LogP) is 2.73. The summed E-state index contributed by atoms with van der Waals surface area (Å²) in [4.78, 5) is 11.5. The molecule has 0 unspecified atom stereocenters. The zero-order valence-corrected chi connectivity index (χ0v) is 13.9. The number of fused-ring (bicyclic) bond motifs is 2. The molecule has 2 aromatic carbocycles. The Morgan fingerprint density at radius 3 is 2.52 bits per heavy atom. The van der Waals surface area contributed by atoms with E-state index in [1.165, 1.54) is 12.1 Å². The van der Waals surface area contributed by atoms with Gasteiger partial charge in [-0.25, -0.2) is 13.2 Å². The van der Waals surface area contributed by atoms with Gasteiger partial charge in [-0.3, -0.25) is 0 Å². The third kappa shape index (κ3) is 2.76. The Morgan fingerprint density at radius 2 is 1.72 bits per heavy atom. The first kappa shape index (κ1) is 15.7. The number of benzene rings is 2. The van der Waals surface area contributed by atoms with Gasteiger partial charge in [-0.15, -0.1) is 0 Å². The first-order chi connectivity index (χ1) is 11.9. The number of carbonyl (C=O) groups is 1. The molecule has 128 valence electrons. The molecule has 0 fully saturated rings. The van der Waals surface area contributed by atoms with Gasteiger partial charge in [0, 0.05) is 5.57 Å². The molecular weight excluding hydrogens is 344 g/mol. The first-order valence-electron chi connectivity index (χ1n) is 7.65. The summed E-state index contributed by atoms with van der Waals surface area (Å²) in [6, 6.07) is 10.4. The summed E-state index contributed by atoms with van der Waals surface area (Å²) in [7, 11) is -3.51. The van der Waals surface area contributed by atoms with Crippen molar-refractivity contribution >= 4 is 21.9 Å². The average molecular weight is 358 g/mol. The lowest BCUT2D eigenvalue weighted by atomic mass is 10.0. The maximum atomic E-state index is 12.4. The number of sulfone groups is 1. The minimum atomic E-state index is -3.51. The molecule has 0 amide bonds. The second kappa shape index (κ2) is 5.63. The number of rotatable bonds is 2. The van der Waals surface area contributed by atoms with Crippen molar-refractivity contribution in [2.45, 2.75) is 11.3 Å². The van der Waals surface area contributed by atoms with Crippen LogP contribution in [0.1, 0.15) is 12.0 Å². The van der Waals surface area contributed by atoms with Gasteiger partial charge in [-0.05, 0) is 53.5 Å². The van der Waals surface area contributed by atoms with Gasteiger partial charge in [0.2, 0.25) is 6.79 Å². The minimum Gasteiger partial charge on any atom is -0.478 e. The number of carboxylic acid groups (broad SMARTS) is 1. The molecule has 0 atom stereocenters. The van der Waals surface area contributed by atoms with E-state index in [4.69, 9.17) is 9.47 Å². The Labute approximate surface area is 144 Å². The molecule has 1 N–H and O–H groups in total. The predicted molar refractivity (Wildman–Crippen MR) is 90.3 cm³/mol. The molecule has 25 heavy (non-hydrogen) atoms. The van der Waals surface area contributed by atoms with E-state index in [2.05, 4.69) is 0 Å². The summed E-state index contributed by atoms with van der Waals surface area (Å²) >= 11 is 0. The molecule has 4 rings (SSSR count). The maximum Gasteiger partial charge on any atom is 0.331 e. The van der Waals surface area contributed by atoms with Gasteiger partial charge in [-0.2, -0.15) is 0 Å². The number of carboxylic acids is 1. The van der Waals surface area contributed by atoms with Crippen molar-refractivity contribution in [1.29, 1.82) is 0 Å². The fourth-order valence-corrected chi connectivity index (χ4v) is 4.44. The van der Waals surface area contributed by atoms with E-state index in [1.807, 2.05) is 12.1 Å². The van der Waals surface area contributed by atoms with Crippen molar-refractivity contribution in [3.05, 3.63) is 47.5 Å². The molecule has 0 saturated carbocycles. The lowest BCUT2D eigenvalue weighted by molar-refractivity contribution is -0.132. The number of ether oxygens (including phenoxy) is 2. The standard InChI is InChI=1S/C18H14O6S/c19-18(20)13-5-6-25(21,22)17-4-2-11(7-14(17)8-13)12-1-3-15-16(9-12)24-10-23-15/h1-4,7-9H,5-6,10H2,(H,19,20). The van der Waals surface area contributed by atoms with Crippen LogP contribution in [0.25, 0.3) is 17.2 Å². The van der Waals surface area contributed by atoms with Crippen LogP contribution in [0.3, 0.4) is 0 Å². The molecule has 0 aromatic heterocycles. The number of hydrogen-bond donors (Lipinski definition) is 1. The van der Waals surface area contributed by atoms with Gasteiger partial charge in [-0.1, -0.05) is 12.1 Å². The summed E-state index contributed by atoms with van der Waals surface area (Å²) in [5.41, 5.74) is 2.09. The Bertz CT molecular complexity index is 1020. The molecule has 2 aliphatic rings. The van der Waals surface area contributed by atoms with Crippen molar-refractivity contribution < 1.29 is 27.8 Å². The lowest BCUT2D eigenvalue weighted by Gasteiger charge is -2.09. The third-order valence-electron chi connectivity index (χ3n) is 4.30. The van der Waals surface area contributed by atoms with Gasteiger partial charge in [0.1, 0.15) is 0 Å². The van der Waals surface area contributed by atoms with Crippen molar-refractivity contribution in [3.8, 4) is 22.6 Å². The van der Waals surface area contributed by atoms with Crippen LogP contribution in [-0.4, -0.2) is 32.0 Å². The van der Waals surface area contributed by atoms with Crippen molar-refractivity contribution in [2.75, 3.05) is 12.5 Å². The fourth-order valence-electron chi connectivity index (χ4n) is 2.98. The van der Waals surface area contributed by atoms with Crippen molar-refractivity contribution in [2.24, 2.45) is 0 Å². The molecule has 2 aromatic rings. The summed E-state index contributed by atoms with van der Waals surface area (Å²) in [6.45, 7) is 0.173. The summed E-state index contributed by atoms with van der Waals surface area (Å²) < 4.78 is 35.5. The molecule has 2 aliphatic heterocycles. The van der Waals surface area contributed by atoms with E-state index in [-0.39, 0.29) is 29.4 Å². The quantitative estimate of drug-likeness (QED) is 0.888. The molecule has 2 heterocycles. The zero-order chi connectivity index (χ0) is 17.6. The van der Waals surface area contributed by atoms with Crippen LogP contribution in [0, 0.1) is 0 Å². The monoisotopic (exact) mass is 358 g/mol. The van der Waals surface area contributed by atoms with Gasteiger partial charge < -0.3 is 14.6 Å². The van der Waals surface area contributed by atoms with Crippen molar-refractivity contribution in [1.82, 2.24) is 0 Å². The molecule has 0 saturated heterocycles. The van der Waals surface area contributed by atoms with E-state index in [0.717, 1.165) is 11.1 Å². The summed E-state index contributed by atoms with van der Waals surface area (Å²) in [5, 5.41) is 9.26. The van der Waals surface area contributed by atoms with Gasteiger partial charge in [0.05, 0.1) is 10.6 Å². The average Bonchev–Trinajstić information content (AvgIpc) is 3.00. The molecule has 6 nitrogen and oxygen atoms in total. The van der Waals surface area contributed by atoms with E-state index in [9.17, 15) is 18.3 Å². The Balaban J connectivity index is 1.85. The highest BCUT2D eigenvalue weighted by atomic mass is 32.2. The second-order valence-electron chi connectivity index (χ2n) is 5.86. The third-order valence-corrected chi connectivity index (χ3v) is 6.08. The molecule has 0 radical (unpaired) electrons. The Hall–Kier alpha value is -2.80. The maximum absolute atomic E-state index is 12.4. The minimum absolute atomic E-state index is 0.00823. The van der Waals surface area contributed by atoms with E-state index < -0.39 is 15.8 Å². The molecule has 0 bridgehead atoms. The smallest absolute Gasteiger partial charge is 0.331 e. The SMILES string of the molecule is O=C(O)C1=Cc2cc(-c3ccc4c(c3)OCO4)ccc2S(=O)(=O)CC1. The topological polar surface area (TPSA) is 89.9 Å². The Kier molecular flexibility index (Phi) is 3.54. The van der Waals surface area contributed by atoms with Gasteiger partial charge in [0.25, 0.3) is 0 Å². The molecular formula is C18H14O6S. The summed E-state index contributed by atoms with van der Waals surface area (Å²) in [5.74, 6) is -0.0193. The molecule has 0 spiro atoms. The van der Waals surface area contributed by atoms with Crippen molar-refractivity contribution in [3.63, 3.8) is 0 Å². The van der Waals surface area contributed by atoms with Crippen LogP contribution >= 0.6 is 0 Å². The van der Waals surface area contributed by atoms with Crippen LogP contribution in [0.4, 0.5) is 0 Å². The van der Waals surface area contributed by atoms with Gasteiger partial charge in [0.15, 0.2) is 21.3 Å². The zero-order valence-electron chi connectivity index (χ0n) is 13.1. The van der Waals surface area contributed by atoms with Crippen LogP contribution in [0.15, 0.2) is 46.9 Å². The highest BCUT2D eigenvalue weighted by Gasteiger charge is 2.25. The van der Waals surface area contributed by atoms with E-state index in [0.29, 0.717) is 17.1 Å². The van der Waals surface area contributed by atoms with Crippen LogP contribution < -0.4 is 9.47 Å². The second-order valence-corrected chi connectivity index (χ2v) is 7.94. The number of aliphatic carboxylic acids is 1. The highest BCUT2D eigenvalue weighted by molar-refractivity contribution is 7.91. The summed E-state index contributed by atoms with van der Waals surface area (Å²) in [6.07, 6.45) is 1.43. The van der Waals surface area contributed by atoms with E-state index >= 15 is 0 Å². The lowest BCUT2D eigenvalue weighted by Crippen LogP contribution is -2.08. The van der Waals surface area contributed by atoms with Crippen LogP contribution in [0.5, 0.6) is 11.5 Å². The fraction of sp³-hybridized carbons (Fsp3) is 0.167. The van der Waals surface area contributed by atoms with Crippen LogP contribution in [0.2, 0.25) is 0 Å². The number of hydrogen-bond acceptors (Lipinski definition) is 5. The van der Waals surface area contributed by atoms with Gasteiger partial charge >= 0.3 is 5.97 Å². The molecule has 0 aliphatic carbocycles. The molecule has 7 heteroatoms. The largest absolute Gasteiger partial charge is 0.478 e. The van der Waals surface area contributed by atoms with E-state index in [1.54, 1.807) is 18.2 Å².